The molecule has 1 aliphatic heterocycles. The molecule has 1 atom stereocenters. The maximum absolute atomic E-state index is 12.4. The van der Waals surface area contributed by atoms with Gasteiger partial charge >= 0.3 is 0 Å². The summed E-state index contributed by atoms with van der Waals surface area (Å²) in [6.45, 7) is 4.24. The van der Waals surface area contributed by atoms with Crippen molar-refractivity contribution in [1.29, 1.82) is 0 Å². The zero-order chi connectivity index (χ0) is 14.8. The number of anilines is 1. The Labute approximate surface area is 139 Å². The van der Waals surface area contributed by atoms with E-state index in [-0.39, 0.29) is 24.4 Å². The molecular formula is C15H19ClN4OS. The van der Waals surface area contributed by atoms with Gasteiger partial charge in [-0.3, -0.25) is 9.69 Å². The molecule has 0 aliphatic carbocycles. The number of hydrogen-bond donors (Lipinski definition) is 2. The topological polar surface area (TPSA) is 71.2 Å². The second-order valence-corrected chi connectivity index (χ2v) is 6.33. The first-order valence-corrected chi connectivity index (χ1v) is 7.74. The zero-order valence-electron chi connectivity index (χ0n) is 12.3. The first-order chi connectivity index (χ1) is 10.1. The van der Waals surface area contributed by atoms with Crippen molar-refractivity contribution in [3.8, 4) is 0 Å². The first kappa shape index (κ1) is 16.7. The van der Waals surface area contributed by atoms with Gasteiger partial charge in [0.2, 0.25) is 5.91 Å². The Bertz CT molecular complexity index is 660. The van der Waals surface area contributed by atoms with Crippen LogP contribution in [0.1, 0.15) is 22.0 Å². The fourth-order valence-corrected chi connectivity index (χ4v) is 3.42. The number of thiazole rings is 1. The molecule has 1 aromatic heterocycles. The molecule has 1 amide bonds. The summed E-state index contributed by atoms with van der Waals surface area (Å²) in [7, 11) is 0. The minimum Gasteiger partial charge on any atom is -0.375 e. The molecule has 2 heterocycles. The van der Waals surface area contributed by atoms with E-state index in [1.807, 2.05) is 31.2 Å². The van der Waals surface area contributed by atoms with Gasteiger partial charge in [0.25, 0.3) is 0 Å². The molecule has 0 bridgehead atoms. The lowest BCUT2D eigenvalue weighted by Gasteiger charge is -2.35. The number of nitrogen functional groups attached to an aromatic ring is 1. The molecule has 1 aliphatic rings. The number of amides is 1. The maximum atomic E-state index is 12.4. The van der Waals surface area contributed by atoms with Crippen LogP contribution in [0.25, 0.3) is 0 Å². The van der Waals surface area contributed by atoms with E-state index in [1.165, 1.54) is 11.3 Å². The van der Waals surface area contributed by atoms with E-state index in [9.17, 15) is 4.79 Å². The molecule has 0 saturated carbocycles. The highest BCUT2D eigenvalue weighted by Gasteiger charge is 2.32. The van der Waals surface area contributed by atoms with Gasteiger partial charge in [-0.1, -0.05) is 24.3 Å². The Morgan fingerprint density at radius 1 is 1.45 bits per heavy atom. The molecule has 0 spiro atoms. The minimum atomic E-state index is -0.247. The summed E-state index contributed by atoms with van der Waals surface area (Å²) in [5.74, 6) is 0.0630. The van der Waals surface area contributed by atoms with Gasteiger partial charge in [-0.05, 0) is 18.1 Å². The Balaban J connectivity index is 0.00000176. The van der Waals surface area contributed by atoms with Crippen LogP contribution in [0.3, 0.4) is 0 Å². The number of benzene rings is 1. The Kier molecular flexibility index (Phi) is 5.39. The number of hydrogen-bond acceptors (Lipinski definition) is 5. The fraction of sp³-hybridized carbons (Fsp3) is 0.333. The van der Waals surface area contributed by atoms with Crippen LogP contribution in [-0.4, -0.2) is 28.9 Å². The van der Waals surface area contributed by atoms with E-state index < -0.39 is 0 Å². The van der Waals surface area contributed by atoms with Crippen molar-refractivity contribution in [2.45, 2.75) is 19.5 Å². The maximum Gasteiger partial charge on any atom is 0.242 e. The van der Waals surface area contributed by atoms with Crippen molar-refractivity contribution in [3.05, 3.63) is 46.5 Å². The monoisotopic (exact) mass is 338 g/mol. The van der Waals surface area contributed by atoms with Crippen molar-refractivity contribution in [2.75, 3.05) is 18.8 Å². The van der Waals surface area contributed by atoms with Crippen LogP contribution in [0, 0.1) is 6.92 Å². The van der Waals surface area contributed by atoms with Crippen molar-refractivity contribution in [1.82, 2.24) is 15.2 Å². The molecule has 3 N–H and O–H groups in total. The molecule has 118 valence electrons. The lowest BCUT2D eigenvalue weighted by Crippen LogP contribution is -2.49. The second kappa shape index (κ2) is 7.09. The molecule has 3 rings (SSSR count). The van der Waals surface area contributed by atoms with Crippen LogP contribution in [0.15, 0.2) is 30.5 Å². The third-order valence-electron chi connectivity index (χ3n) is 3.73. The van der Waals surface area contributed by atoms with Crippen LogP contribution in [-0.2, 0) is 11.3 Å². The van der Waals surface area contributed by atoms with Gasteiger partial charge in [0.1, 0.15) is 6.04 Å². The lowest BCUT2D eigenvalue weighted by molar-refractivity contribution is -0.129. The largest absolute Gasteiger partial charge is 0.375 e. The number of rotatable bonds is 3. The van der Waals surface area contributed by atoms with Crippen LogP contribution < -0.4 is 11.1 Å². The molecule has 1 unspecified atom stereocenters. The van der Waals surface area contributed by atoms with Crippen LogP contribution in [0.2, 0.25) is 0 Å². The van der Waals surface area contributed by atoms with Crippen molar-refractivity contribution in [2.24, 2.45) is 0 Å². The lowest BCUT2D eigenvalue weighted by atomic mass is 9.98. The second-order valence-electron chi connectivity index (χ2n) is 5.19. The van der Waals surface area contributed by atoms with Gasteiger partial charge in [0, 0.05) is 30.7 Å². The Morgan fingerprint density at radius 3 is 2.91 bits per heavy atom. The van der Waals surface area contributed by atoms with E-state index in [0.29, 0.717) is 18.2 Å². The van der Waals surface area contributed by atoms with Gasteiger partial charge < -0.3 is 11.1 Å². The molecule has 7 heteroatoms. The SMILES string of the molecule is Cc1ccccc1C1C(=O)NCCN1Cc1cnc(N)s1.Cl. The number of halogens is 1. The number of aryl methyl sites for hydroxylation is 1. The third kappa shape index (κ3) is 3.40. The number of carbonyl (C=O) groups is 1. The van der Waals surface area contributed by atoms with Gasteiger partial charge in [-0.25, -0.2) is 4.98 Å². The predicted octanol–water partition coefficient (Wildman–Crippen LogP) is 2.13. The summed E-state index contributed by atoms with van der Waals surface area (Å²) in [6, 6.07) is 7.79. The van der Waals surface area contributed by atoms with Gasteiger partial charge in [-0.15, -0.1) is 23.7 Å². The summed E-state index contributed by atoms with van der Waals surface area (Å²) >= 11 is 1.48. The van der Waals surface area contributed by atoms with Gasteiger partial charge in [-0.2, -0.15) is 0 Å². The molecule has 22 heavy (non-hydrogen) atoms. The van der Waals surface area contributed by atoms with E-state index >= 15 is 0 Å². The molecule has 1 aromatic carbocycles. The molecule has 1 saturated heterocycles. The first-order valence-electron chi connectivity index (χ1n) is 6.92. The van der Waals surface area contributed by atoms with E-state index in [0.717, 1.165) is 22.5 Å². The fourth-order valence-electron chi connectivity index (χ4n) is 2.71. The summed E-state index contributed by atoms with van der Waals surface area (Å²) < 4.78 is 0. The quantitative estimate of drug-likeness (QED) is 0.899. The number of nitrogens with zero attached hydrogens (tertiary/aromatic N) is 2. The van der Waals surface area contributed by atoms with Crippen LogP contribution >= 0.6 is 23.7 Å². The van der Waals surface area contributed by atoms with Gasteiger partial charge in [0.05, 0.1) is 0 Å². The summed E-state index contributed by atoms with van der Waals surface area (Å²) in [6.07, 6.45) is 1.79. The van der Waals surface area contributed by atoms with Crippen molar-refractivity contribution in [3.63, 3.8) is 0 Å². The number of nitrogens with two attached hydrogens (primary N) is 1. The molecule has 0 radical (unpaired) electrons. The molecule has 2 aromatic rings. The number of nitrogens with one attached hydrogen (secondary N) is 1. The normalized spacial score (nSPS) is 18.6. The summed E-state index contributed by atoms with van der Waals surface area (Å²) in [4.78, 5) is 19.7. The predicted molar refractivity (Wildman–Crippen MR) is 91.1 cm³/mol. The number of piperazine rings is 1. The smallest absolute Gasteiger partial charge is 0.242 e. The highest BCUT2D eigenvalue weighted by atomic mass is 35.5. The summed E-state index contributed by atoms with van der Waals surface area (Å²) in [5.41, 5.74) is 7.89. The zero-order valence-corrected chi connectivity index (χ0v) is 13.9. The summed E-state index contributed by atoms with van der Waals surface area (Å²) in [5, 5.41) is 3.53. The van der Waals surface area contributed by atoms with Crippen LogP contribution in [0.5, 0.6) is 0 Å². The Hall–Kier alpha value is -1.63. The average molecular weight is 339 g/mol. The van der Waals surface area contributed by atoms with Crippen LogP contribution in [0.4, 0.5) is 5.13 Å². The molecular weight excluding hydrogens is 320 g/mol. The van der Waals surface area contributed by atoms with Crippen molar-refractivity contribution < 1.29 is 4.79 Å². The Morgan fingerprint density at radius 2 is 2.23 bits per heavy atom. The van der Waals surface area contributed by atoms with E-state index in [2.05, 4.69) is 15.2 Å². The number of carbonyl (C=O) groups excluding carboxylic acids is 1. The number of aromatic nitrogens is 1. The average Bonchev–Trinajstić information content (AvgIpc) is 2.86. The van der Waals surface area contributed by atoms with E-state index in [4.69, 9.17) is 5.73 Å². The minimum absolute atomic E-state index is 0. The highest BCUT2D eigenvalue weighted by molar-refractivity contribution is 7.15. The standard InChI is InChI=1S/C15H18N4OS.ClH/c1-10-4-2-3-5-12(10)13-14(20)17-6-7-19(13)9-11-8-18-15(16)21-11;/h2-5,8,13H,6-7,9H2,1H3,(H2,16,18)(H,17,20);1H. The highest BCUT2D eigenvalue weighted by Crippen LogP contribution is 2.28. The third-order valence-corrected chi connectivity index (χ3v) is 4.54. The van der Waals surface area contributed by atoms with Crippen molar-refractivity contribution >= 4 is 34.8 Å². The molecule has 1 fully saturated rings. The van der Waals surface area contributed by atoms with E-state index in [1.54, 1.807) is 6.20 Å². The van der Waals surface area contributed by atoms with Gasteiger partial charge in [0.15, 0.2) is 5.13 Å². The molecule has 5 nitrogen and oxygen atoms in total.